The maximum Gasteiger partial charge on any atom is 0.156 e. The summed E-state index contributed by atoms with van der Waals surface area (Å²) in [5.41, 5.74) is 1.12. The van der Waals surface area contributed by atoms with Crippen molar-refractivity contribution in [2.24, 2.45) is 0 Å². The van der Waals surface area contributed by atoms with Gasteiger partial charge in [-0.1, -0.05) is 11.6 Å². The van der Waals surface area contributed by atoms with E-state index >= 15 is 0 Å². The van der Waals surface area contributed by atoms with Crippen molar-refractivity contribution in [3.8, 4) is 0 Å². The van der Waals surface area contributed by atoms with Gasteiger partial charge in [-0.15, -0.1) is 0 Å². The minimum Gasteiger partial charge on any atom is -0.390 e. The third kappa shape index (κ3) is 0.964. The van der Waals surface area contributed by atoms with Crippen LogP contribution in [0.15, 0.2) is 18.6 Å². The lowest BCUT2D eigenvalue weighted by molar-refractivity contribution is 0.277. The molecular weight excluding hydrogens is 178 g/mol. The molecule has 2 aromatic rings. The molecule has 0 spiro atoms. The van der Waals surface area contributed by atoms with E-state index in [9.17, 15) is 0 Å². The van der Waals surface area contributed by atoms with Gasteiger partial charge in [0.1, 0.15) is 10.8 Å². The zero-order valence-electron chi connectivity index (χ0n) is 6.11. The Kier molecular flexibility index (Phi) is 1.71. The number of hydrogen-bond donors (Lipinski definition) is 1. The summed E-state index contributed by atoms with van der Waals surface area (Å²) in [4.78, 5) is 7.93. The number of aliphatic hydroxyl groups excluding tert-OH is 1. The predicted molar refractivity (Wildman–Crippen MR) is 43.9 cm³/mol. The molecule has 0 saturated heterocycles. The van der Waals surface area contributed by atoms with Crippen molar-refractivity contribution in [2.45, 2.75) is 6.61 Å². The molecule has 5 heteroatoms. The number of rotatable bonds is 1. The van der Waals surface area contributed by atoms with Crippen molar-refractivity contribution in [1.82, 2.24) is 14.4 Å². The Morgan fingerprint density at radius 2 is 2.42 bits per heavy atom. The minimum absolute atomic E-state index is 0.152. The van der Waals surface area contributed by atoms with Gasteiger partial charge in [-0.2, -0.15) is 0 Å². The van der Waals surface area contributed by atoms with Gasteiger partial charge < -0.3 is 5.11 Å². The molecule has 2 heterocycles. The van der Waals surface area contributed by atoms with Gasteiger partial charge in [-0.25, -0.2) is 4.98 Å². The Bertz CT molecular complexity index is 412. The zero-order valence-corrected chi connectivity index (χ0v) is 6.86. The molecule has 0 fully saturated rings. The second-order valence-electron chi connectivity index (χ2n) is 2.31. The largest absolute Gasteiger partial charge is 0.390 e. The summed E-state index contributed by atoms with van der Waals surface area (Å²) >= 11 is 5.87. The van der Waals surface area contributed by atoms with E-state index in [1.165, 1.54) is 0 Å². The molecule has 62 valence electrons. The highest BCUT2D eigenvalue weighted by Crippen LogP contribution is 2.16. The quantitative estimate of drug-likeness (QED) is 0.714. The third-order valence-electron chi connectivity index (χ3n) is 1.59. The van der Waals surface area contributed by atoms with Crippen LogP contribution in [-0.4, -0.2) is 19.5 Å². The Morgan fingerprint density at radius 3 is 3.08 bits per heavy atom. The zero-order chi connectivity index (χ0) is 8.55. The lowest BCUT2D eigenvalue weighted by Gasteiger charge is -1.91. The van der Waals surface area contributed by atoms with E-state index < -0.39 is 0 Å². The summed E-state index contributed by atoms with van der Waals surface area (Å²) in [6.07, 6.45) is 4.90. The van der Waals surface area contributed by atoms with Crippen LogP contribution >= 0.6 is 11.6 Å². The lowest BCUT2D eigenvalue weighted by atomic mass is 10.5. The molecule has 0 aliphatic heterocycles. The second kappa shape index (κ2) is 2.73. The van der Waals surface area contributed by atoms with Crippen molar-refractivity contribution in [3.63, 3.8) is 0 Å². The van der Waals surface area contributed by atoms with Gasteiger partial charge in [-0.05, 0) is 0 Å². The Labute approximate surface area is 73.5 Å². The van der Waals surface area contributed by atoms with Crippen LogP contribution in [0.5, 0.6) is 0 Å². The number of halogens is 1. The third-order valence-corrected chi connectivity index (χ3v) is 1.99. The first-order valence-corrected chi connectivity index (χ1v) is 3.78. The molecule has 0 radical (unpaired) electrons. The lowest BCUT2D eigenvalue weighted by Crippen LogP contribution is -1.84. The molecule has 0 atom stereocenters. The van der Waals surface area contributed by atoms with Crippen LogP contribution in [0.4, 0.5) is 0 Å². The van der Waals surface area contributed by atoms with Gasteiger partial charge >= 0.3 is 0 Å². The average Bonchev–Trinajstić information content (AvgIpc) is 2.44. The Hall–Kier alpha value is -1.13. The van der Waals surface area contributed by atoms with Gasteiger partial charge in [0.25, 0.3) is 0 Å². The van der Waals surface area contributed by atoms with Gasteiger partial charge in [0, 0.05) is 12.4 Å². The van der Waals surface area contributed by atoms with Gasteiger partial charge in [0.2, 0.25) is 0 Å². The highest BCUT2D eigenvalue weighted by Gasteiger charge is 2.07. The number of fused-ring (bicyclic) bond motifs is 1. The van der Waals surface area contributed by atoms with E-state index in [1.54, 1.807) is 23.0 Å². The van der Waals surface area contributed by atoms with Gasteiger partial charge in [0.05, 0.1) is 12.8 Å². The summed E-state index contributed by atoms with van der Waals surface area (Å²) < 4.78 is 1.67. The number of aliphatic hydroxyl groups is 1. The maximum atomic E-state index is 8.84. The monoisotopic (exact) mass is 183 g/mol. The van der Waals surface area contributed by atoms with Crippen molar-refractivity contribution in [1.29, 1.82) is 0 Å². The molecule has 0 unspecified atom stereocenters. The van der Waals surface area contributed by atoms with Gasteiger partial charge in [0.15, 0.2) is 5.65 Å². The molecule has 2 rings (SSSR count). The molecule has 0 aliphatic carbocycles. The van der Waals surface area contributed by atoms with Crippen molar-refractivity contribution in [3.05, 3.63) is 29.4 Å². The van der Waals surface area contributed by atoms with E-state index in [0.717, 1.165) is 0 Å². The summed E-state index contributed by atoms with van der Waals surface area (Å²) in [7, 11) is 0. The van der Waals surface area contributed by atoms with Crippen molar-refractivity contribution < 1.29 is 5.11 Å². The molecule has 12 heavy (non-hydrogen) atoms. The normalized spacial score (nSPS) is 10.8. The fraction of sp³-hybridized carbons (Fsp3) is 0.143. The van der Waals surface area contributed by atoms with Crippen LogP contribution in [0.1, 0.15) is 5.69 Å². The molecular formula is C7H6ClN3O. The smallest absolute Gasteiger partial charge is 0.156 e. The minimum atomic E-state index is -0.152. The van der Waals surface area contributed by atoms with Crippen LogP contribution in [0, 0.1) is 0 Å². The maximum absolute atomic E-state index is 8.84. The summed E-state index contributed by atoms with van der Waals surface area (Å²) in [6, 6.07) is 0. The van der Waals surface area contributed by atoms with E-state index in [1.807, 2.05) is 0 Å². The topological polar surface area (TPSA) is 50.4 Å². The molecule has 4 nitrogen and oxygen atoms in total. The Balaban J connectivity index is 2.78. The fourth-order valence-corrected chi connectivity index (χ4v) is 1.27. The SMILES string of the molecule is OCc1nc2cnccn2c1Cl. The molecule has 0 aromatic carbocycles. The van der Waals surface area contributed by atoms with E-state index in [-0.39, 0.29) is 6.61 Å². The first-order chi connectivity index (χ1) is 5.83. The van der Waals surface area contributed by atoms with Gasteiger partial charge in [-0.3, -0.25) is 9.38 Å². The van der Waals surface area contributed by atoms with E-state index in [4.69, 9.17) is 16.7 Å². The Morgan fingerprint density at radius 1 is 1.58 bits per heavy atom. The number of nitrogens with zero attached hydrogens (tertiary/aromatic N) is 3. The van der Waals surface area contributed by atoms with Crippen molar-refractivity contribution >= 4 is 17.2 Å². The van der Waals surface area contributed by atoms with E-state index in [2.05, 4.69) is 9.97 Å². The average molecular weight is 184 g/mol. The first kappa shape index (κ1) is 7.52. The van der Waals surface area contributed by atoms with Crippen LogP contribution in [0.3, 0.4) is 0 Å². The highest BCUT2D eigenvalue weighted by molar-refractivity contribution is 6.30. The van der Waals surface area contributed by atoms with Crippen LogP contribution < -0.4 is 0 Å². The summed E-state index contributed by atoms with van der Waals surface area (Å²) in [6.45, 7) is -0.152. The van der Waals surface area contributed by atoms with Crippen molar-refractivity contribution in [2.75, 3.05) is 0 Å². The number of hydrogen-bond acceptors (Lipinski definition) is 3. The molecule has 2 aromatic heterocycles. The predicted octanol–water partition coefficient (Wildman–Crippen LogP) is 0.875. The molecule has 0 aliphatic rings. The fourth-order valence-electron chi connectivity index (χ4n) is 1.03. The number of aromatic nitrogens is 3. The first-order valence-electron chi connectivity index (χ1n) is 3.40. The molecule has 0 amide bonds. The second-order valence-corrected chi connectivity index (χ2v) is 2.67. The standard InChI is InChI=1S/C7H6ClN3O/c8-7-5(4-12)10-6-3-9-1-2-11(6)7/h1-3,12H,4H2. The summed E-state index contributed by atoms with van der Waals surface area (Å²) in [5, 5.41) is 9.28. The molecule has 0 bridgehead atoms. The summed E-state index contributed by atoms with van der Waals surface area (Å²) in [5.74, 6) is 0. The molecule has 1 N–H and O–H groups in total. The number of imidazole rings is 1. The van der Waals surface area contributed by atoms with Crippen LogP contribution in [-0.2, 0) is 6.61 Å². The highest BCUT2D eigenvalue weighted by atomic mass is 35.5. The van der Waals surface area contributed by atoms with Crippen LogP contribution in [0.25, 0.3) is 5.65 Å². The van der Waals surface area contributed by atoms with E-state index in [0.29, 0.717) is 16.5 Å². The van der Waals surface area contributed by atoms with Crippen LogP contribution in [0.2, 0.25) is 5.15 Å². The molecule has 0 saturated carbocycles.